The molecule has 6 heteroatoms. The third kappa shape index (κ3) is 1.80. The number of nitrogens with one attached hydrogen (secondary N) is 1. The summed E-state index contributed by atoms with van der Waals surface area (Å²) in [6.45, 7) is 0. The van der Waals surface area contributed by atoms with Gasteiger partial charge in [-0.2, -0.15) is 10.2 Å². The Labute approximate surface area is 95.2 Å². The third-order valence-corrected chi connectivity index (χ3v) is 2.27. The molecule has 2 heterocycles. The highest BCUT2D eigenvalue weighted by molar-refractivity contribution is 6.36. The molecule has 2 aromatic heterocycles. The highest BCUT2D eigenvalue weighted by Gasteiger charge is 2.09. The van der Waals surface area contributed by atoms with Crippen LogP contribution in [0, 0.1) is 11.3 Å². The van der Waals surface area contributed by atoms with Crippen LogP contribution in [0.25, 0.3) is 17.1 Å². The number of nitrogens with zero attached hydrogens (tertiary/aromatic N) is 3. The van der Waals surface area contributed by atoms with Gasteiger partial charge in [-0.05, 0) is 17.7 Å². The van der Waals surface area contributed by atoms with Gasteiger partial charge in [0.25, 0.3) is 0 Å². The highest BCUT2D eigenvalue weighted by atomic mass is 35.5. The van der Waals surface area contributed by atoms with Gasteiger partial charge in [0.1, 0.15) is 10.8 Å². The topological polar surface area (TPSA) is 65.4 Å². The van der Waals surface area contributed by atoms with E-state index in [1.54, 1.807) is 12.3 Å². The first-order valence-corrected chi connectivity index (χ1v) is 4.74. The van der Waals surface area contributed by atoms with Crippen LogP contribution in [0.1, 0.15) is 5.56 Å². The Kier molecular flexibility index (Phi) is 2.58. The lowest BCUT2D eigenvalue weighted by molar-refractivity contribution is 1.20. The molecule has 0 aliphatic rings. The Morgan fingerprint density at radius 1 is 1.40 bits per heavy atom. The first-order valence-electron chi connectivity index (χ1n) is 3.98. The maximum atomic E-state index is 8.42. The number of fused-ring (bicyclic) bond motifs is 1. The summed E-state index contributed by atoms with van der Waals surface area (Å²) in [5.74, 6) is 0. The molecule has 2 rings (SSSR count). The van der Waals surface area contributed by atoms with Gasteiger partial charge < -0.3 is 4.98 Å². The maximum absolute atomic E-state index is 8.42. The smallest absolute Gasteiger partial charge is 0.225 e. The van der Waals surface area contributed by atoms with Gasteiger partial charge >= 0.3 is 0 Å². The van der Waals surface area contributed by atoms with Crippen LogP contribution in [0.3, 0.4) is 0 Å². The fourth-order valence-electron chi connectivity index (χ4n) is 1.24. The number of H-pyrrole nitrogens is 1. The second-order valence-electron chi connectivity index (χ2n) is 2.71. The van der Waals surface area contributed by atoms with E-state index in [4.69, 9.17) is 28.5 Å². The molecule has 0 fully saturated rings. The Hall–Kier alpha value is -1.57. The van der Waals surface area contributed by atoms with Crippen LogP contribution in [-0.4, -0.2) is 15.0 Å². The summed E-state index contributed by atoms with van der Waals surface area (Å²) in [5.41, 5.74) is 1.31. The summed E-state index contributed by atoms with van der Waals surface area (Å²) in [5, 5.41) is 9.43. The third-order valence-electron chi connectivity index (χ3n) is 1.83. The first kappa shape index (κ1) is 9.97. The lowest BCUT2D eigenvalue weighted by Gasteiger charge is -1.95. The summed E-state index contributed by atoms with van der Waals surface area (Å²) in [4.78, 5) is 10.7. The van der Waals surface area contributed by atoms with Crippen molar-refractivity contribution in [3.8, 4) is 6.07 Å². The van der Waals surface area contributed by atoms with Gasteiger partial charge in [-0.3, -0.25) is 0 Å². The number of rotatable bonds is 1. The summed E-state index contributed by atoms with van der Waals surface area (Å²) in [6, 6.07) is 1.90. The van der Waals surface area contributed by atoms with Crippen LogP contribution < -0.4 is 0 Å². The van der Waals surface area contributed by atoms with E-state index >= 15 is 0 Å². The number of hydrogen-bond donors (Lipinski definition) is 1. The van der Waals surface area contributed by atoms with Crippen molar-refractivity contribution in [1.82, 2.24) is 15.0 Å². The number of aromatic nitrogens is 3. The van der Waals surface area contributed by atoms with E-state index in [1.165, 1.54) is 6.08 Å². The van der Waals surface area contributed by atoms with Crippen LogP contribution in [0.15, 0.2) is 12.3 Å². The van der Waals surface area contributed by atoms with Crippen molar-refractivity contribution >= 4 is 40.3 Å². The van der Waals surface area contributed by atoms with Crippen molar-refractivity contribution < 1.29 is 0 Å². The van der Waals surface area contributed by atoms with Crippen molar-refractivity contribution in [3.63, 3.8) is 0 Å². The number of nitriles is 1. The summed E-state index contributed by atoms with van der Waals surface area (Å²) >= 11 is 11.6. The molecule has 0 saturated carbocycles. The van der Waals surface area contributed by atoms with Crippen molar-refractivity contribution in [3.05, 3.63) is 28.3 Å². The lowest BCUT2D eigenvalue weighted by atomic mass is 10.2. The zero-order chi connectivity index (χ0) is 10.8. The summed E-state index contributed by atoms with van der Waals surface area (Å²) in [6.07, 6.45) is 4.67. The minimum Gasteiger partial charge on any atom is -0.345 e. The van der Waals surface area contributed by atoms with E-state index in [1.807, 2.05) is 6.07 Å². The van der Waals surface area contributed by atoms with Gasteiger partial charge in [0.2, 0.25) is 5.28 Å². The van der Waals surface area contributed by atoms with Crippen LogP contribution in [0.5, 0.6) is 0 Å². The second kappa shape index (κ2) is 3.89. The predicted molar refractivity (Wildman–Crippen MR) is 58.6 cm³/mol. The van der Waals surface area contributed by atoms with Crippen LogP contribution in [-0.2, 0) is 0 Å². The Bertz CT molecular complexity index is 580. The fourth-order valence-corrected chi connectivity index (χ4v) is 1.74. The standard InChI is InChI=1S/C9H4Cl2N4/c10-7-6-5(2-1-3-12)4-13-8(6)15-9(11)14-7/h1-2,4H,(H,13,14,15). The normalized spacial score (nSPS) is 11.0. The molecule has 74 valence electrons. The number of aromatic amines is 1. The SMILES string of the molecule is N#CC=Cc1c[nH]c2nc(Cl)nc(Cl)c12. The quantitative estimate of drug-likeness (QED) is 0.472. The Morgan fingerprint density at radius 2 is 2.20 bits per heavy atom. The monoisotopic (exact) mass is 238 g/mol. The molecule has 0 aromatic carbocycles. The first-order chi connectivity index (χ1) is 7.22. The zero-order valence-corrected chi connectivity index (χ0v) is 8.84. The molecule has 2 aromatic rings. The molecule has 0 radical (unpaired) electrons. The average molecular weight is 239 g/mol. The summed E-state index contributed by atoms with van der Waals surface area (Å²) in [7, 11) is 0. The molecular formula is C9H4Cl2N4. The molecule has 0 spiro atoms. The maximum Gasteiger partial charge on any atom is 0.225 e. The average Bonchev–Trinajstić information content (AvgIpc) is 2.58. The number of hydrogen-bond acceptors (Lipinski definition) is 3. The van der Waals surface area contributed by atoms with E-state index < -0.39 is 0 Å². The van der Waals surface area contributed by atoms with E-state index in [-0.39, 0.29) is 10.4 Å². The minimum absolute atomic E-state index is 0.0881. The highest BCUT2D eigenvalue weighted by Crippen LogP contribution is 2.25. The van der Waals surface area contributed by atoms with Gasteiger partial charge in [0.15, 0.2) is 0 Å². The number of allylic oxidation sites excluding steroid dienone is 1. The predicted octanol–water partition coefficient (Wildman–Crippen LogP) is 2.80. The molecule has 15 heavy (non-hydrogen) atoms. The molecule has 0 bridgehead atoms. The van der Waals surface area contributed by atoms with Gasteiger partial charge in [0, 0.05) is 17.8 Å². The molecule has 0 unspecified atom stereocenters. The molecule has 0 aliphatic heterocycles. The Balaban J connectivity index is 2.70. The van der Waals surface area contributed by atoms with Crippen LogP contribution >= 0.6 is 23.2 Å². The van der Waals surface area contributed by atoms with Crippen molar-refractivity contribution in [2.75, 3.05) is 0 Å². The molecule has 4 nitrogen and oxygen atoms in total. The van der Waals surface area contributed by atoms with Crippen LogP contribution in [0.4, 0.5) is 0 Å². The molecular weight excluding hydrogens is 235 g/mol. The van der Waals surface area contributed by atoms with Crippen molar-refractivity contribution in [1.29, 1.82) is 5.26 Å². The molecule has 1 N–H and O–H groups in total. The van der Waals surface area contributed by atoms with Gasteiger partial charge in [-0.1, -0.05) is 11.6 Å². The minimum atomic E-state index is 0.0881. The van der Waals surface area contributed by atoms with E-state index in [2.05, 4.69) is 15.0 Å². The molecule has 0 amide bonds. The molecule has 0 atom stereocenters. The molecule has 0 aliphatic carbocycles. The fraction of sp³-hybridized carbons (Fsp3) is 0. The summed E-state index contributed by atoms with van der Waals surface area (Å²) < 4.78 is 0. The lowest BCUT2D eigenvalue weighted by Crippen LogP contribution is -1.85. The zero-order valence-electron chi connectivity index (χ0n) is 7.33. The van der Waals surface area contributed by atoms with E-state index in [9.17, 15) is 0 Å². The van der Waals surface area contributed by atoms with Crippen molar-refractivity contribution in [2.24, 2.45) is 0 Å². The van der Waals surface area contributed by atoms with Gasteiger partial charge in [0.05, 0.1) is 11.5 Å². The van der Waals surface area contributed by atoms with E-state index in [0.29, 0.717) is 11.0 Å². The van der Waals surface area contributed by atoms with E-state index in [0.717, 1.165) is 5.56 Å². The second-order valence-corrected chi connectivity index (χ2v) is 3.41. The van der Waals surface area contributed by atoms with Gasteiger partial charge in [-0.25, -0.2) is 4.98 Å². The van der Waals surface area contributed by atoms with Crippen molar-refractivity contribution in [2.45, 2.75) is 0 Å². The largest absolute Gasteiger partial charge is 0.345 e. The van der Waals surface area contributed by atoms with Gasteiger partial charge in [-0.15, -0.1) is 0 Å². The number of halogens is 2. The molecule has 0 saturated heterocycles. The van der Waals surface area contributed by atoms with Crippen LogP contribution in [0.2, 0.25) is 10.4 Å². The Morgan fingerprint density at radius 3 is 2.93 bits per heavy atom.